The average molecular weight is 441 g/mol. The summed E-state index contributed by atoms with van der Waals surface area (Å²) in [5.74, 6) is -0.817. The molecule has 1 aromatic carbocycles. The third-order valence-electron chi connectivity index (χ3n) is 4.70. The molecule has 2 aromatic rings. The number of esters is 1. The lowest BCUT2D eigenvalue weighted by molar-refractivity contribution is 0.0526. The van der Waals surface area contributed by atoms with Crippen LogP contribution in [0.15, 0.2) is 18.2 Å². The largest absolute Gasteiger partial charge is 0.462 e. The maximum Gasteiger partial charge on any atom is 0.341 e. The van der Waals surface area contributed by atoms with Gasteiger partial charge in [0.2, 0.25) is 0 Å². The van der Waals surface area contributed by atoms with Gasteiger partial charge in [-0.3, -0.25) is 9.69 Å². The Hall–Kier alpha value is -1.60. The van der Waals surface area contributed by atoms with Crippen LogP contribution >= 0.6 is 34.5 Å². The predicted molar refractivity (Wildman–Crippen MR) is 114 cm³/mol. The molecular weight excluding hydrogens is 419 g/mol. The van der Waals surface area contributed by atoms with Gasteiger partial charge in [0.25, 0.3) is 5.91 Å². The number of ether oxygens (including phenoxy) is 1. The molecule has 1 N–H and O–H groups in total. The summed E-state index contributed by atoms with van der Waals surface area (Å²) in [5.41, 5.74) is 1.68. The van der Waals surface area contributed by atoms with Crippen LogP contribution in [0.5, 0.6) is 0 Å². The predicted octanol–water partition coefficient (Wildman–Crippen LogP) is 5.25. The molecule has 0 radical (unpaired) electrons. The van der Waals surface area contributed by atoms with Gasteiger partial charge >= 0.3 is 5.97 Å². The fourth-order valence-corrected chi connectivity index (χ4v) is 4.85. The molecule has 1 aliphatic rings. The highest BCUT2D eigenvalue weighted by atomic mass is 35.5. The Balaban J connectivity index is 1.97. The molecule has 5 nitrogen and oxygen atoms in total. The molecule has 150 valence electrons. The minimum absolute atomic E-state index is 0.263. The molecule has 3 rings (SSSR count). The number of halogens is 2. The number of hydrogen-bond acceptors (Lipinski definition) is 5. The van der Waals surface area contributed by atoms with E-state index in [1.165, 1.54) is 17.4 Å². The van der Waals surface area contributed by atoms with Gasteiger partial charge in [0, 0.05) is 29.0 Å². The van der Waals surface area contributed by atoms with Gasteiger partial charge in [-0.05, 0) is 51.0 Å². The van der Waals surface area contributed by atoms with Crippen molar-refractivity contribution < 1.29 is 14.3 Å². The highest BCUT2D eigenvalue weighted by Crippen LogP contribution is 2.38. The summed E-state index contributed by atoms with van der Waals surface area (Å²) in [5, 5.41) is 4.06. The number of carbonyl (C=O) groups is 2. The summed E-state index contributed by atoms with van der Waals surface area (Å²) < 4.78 is 5.25. The molecule has 0 saturated heterocycles. The molecule has 0 unspecified atom stereocenters. The number of carbonyl (C=O) groups excluding carboxylic acids is 2. The second kappa shape index (κ2) is 8.82. The van der Waals surface area contributed by atoms with Gasteiger partial charge in [0.1, 0.15) is 5.00 Å². The van der Waals surface area contributed by atoms with E-state index in [0.717, 1.165) is 30.0 Å². The third-order valence-corrected chi connectivity index (χ3v) is 6.39. The standard InChI is InChI=1S/C20H22Cl2N2O3S/c1-4-27-20(26)17-13-7-8-24(11(2)3)10-16(13)28-19(17)23-18(25)14-9-12(21)5-6-15(14)22/h5-6,9,11H,4,7-8,10H2,1-3H3,(H,23,25). The number of amides is 1. The maximum atomic E-state index is 12.8. The Kier molecular flexibility index (Phi) is 6.65. The van der Waals surface area contributed by atoms with Crippen LogP contribution in [-0.4, -0.2) is 36.0 Å². The van der Waals surface area contributed by atoms with Crippen LogP contribution in [0, 0.1) is 0 Å². The van der Waals surface area contributed by atoms with Crippen LogP contribution in [0.3, 0.4) is 0 Å². The fraction of sp³-hybridized carbons (Fsp3) is 0.400. The second-order valence-electron chi connectivity index (χ2n) is 6.82. The van der Waals surface area contributed by atoms with Gasteiger partial charge in [-0.25, -0.2) is 4.79 Å². The number of hydrogen-bond donors (Lipinski definition) is 1. The van der Waals surface area contributed by atoms with E-state index >= 15 is 0 Å². The van der Waals surface area contributed by atoms with Crippen molar-refractivity contribution in [2.24, 2.45) is 0 Å². The first-order valence-corrected chi connectivity index (χ1v) is 10.7. The zero-order valence-corrected chi connectivity index (χ0v) is 18.3. The zero-order valence-electron chi connectivity index (χ0n) is 16.0. The molecule has 0 spiro atoms. The Labute approximate surface area is 178 Å². The number of anilines is 1. The number of fused-ring (bicyclic) bond motifs is 1. The average Bonchev–Trinajstić information content (AvgIpc) is 3.00. The van der Waals surface area contributed by atoms with Gasteiger partial charge in [-0.15, -0.1) is 11.3 Å². The summed E-state index contributed by atoms with van der Waals surface area (Å²) in [6.45, 7) is 7.94. The minimum atomic E-state index is -0.412. The first-order valence-electron chi connectivity index (χ1n) is 9.13. The lowest BCUT2D eigenvalue weighted by Crippen LogP contribution is -2.35. The highest BCUT2D eigenvalue weighted by molar-refractivity contribution is 7.17. The summed E-state index contributed by atoms with van der Waals surface area (Å²) in [4.78, 5) is 28.8. The summed E-state index contributed by atoms with van der Waals surface area (Å²) in [7, 11) is 0. The maximum absolute atomic E-state index is 12.8. The van der Waals surface area contributed by atoms with E-state index < -0.39 is 11.9 Å². The van der Waals surface area contributed by atoms with E-state index in [4.69, 9.17) is 27.9 Å². The number of thiophene rings is 1. The van der Waals surface area contributed by atoms with Crippen molar-refractivity contribution in [1.29, 1.82) is 0 Å². The van der Waals surface area contributed by atoms with E-state index in [1.807, 2.05) is 0 Å². The monoisotopic (exact) mass is 440 g/mol. The summed E-state index contributed by atoms with van der Waals surface area (Å²) in [6.07, 6.45) is 0.742. The summed E-state index contributed by atoms with van der Waals surface area (Å²) >= 11 is 13.6. The van der Waals surface area contributed by atoms with Crippen LogP contribution < -0.4 is 5.32 Å². The van der Waals surface area contributed by atoms with Crippen LogP contribution in [0.25, 0.3) is 0 Å². The Morgan fingerprint density at radius 3 is 2.75 bits per heavy atom. The highest BCUT2D eigenvalue weighted by Gasteiger charge is 2.30. The lowest BCUT2D eigenvalue weighted by atomic mass is 10.0. The minimum Gasteiger partial charge on any atom is -0.462 e. The van der Waals surface area contributed by atoms with Crippen LogP contribution in [0.1, 0.15) is 51.9 Å². The topological polar surface area (TPSA) is 58.6 Å². The van der Waals surface area contributed by atoms with Crippen molar-refractivity contribution in [2.75, 3.05) is 18.5 Å². The van der Waals surface area contributed by atoms with Crippen molar-refractivity contribution >= 4 is 51.4 Å². The van der Waals surface area contributed by atoms with Crippen LogP contribution in [0.2, 0.25) is 10.0 Å². The number of nitrogens with one attached hydrogen (secondary N) is 1. The molecule has 28 heavy (non-hydrogen) atoms. The Bertz CT molecular complexity index is 911. The van der Waals surface area contributed by atoms with Crippen molar-refractivity contribution in [3.63, 3.8) is 0 Å². The molecule has 0 aliphatic carbocycles. The van der Waals surface area contributed by atoms with E-state index in [1.54, 1.807) is 19.1 Å². The molecular formula is C20H22Cl2N2O3S. The van der Waals surface area contributed by atoms with Crippen molar-refractivity contribution in [3.8, 4) is 0 Å². The van der Waals surface area contributed by atoms with Gasteiger partial charge in [-0.2, -0.15) is 0 Å². The second-order valence-corrected chi connectivity index (χ2v) is 8.77. The molecule has 1 aliphatic heterocycles. The van der Waals surface area contributed by atoms with Crippen molar-refractivity contribution in [3.05, 3.63) is 49.8 Å². The number of rotatable bonds is 5. The molecule has 2 heterocycles. The van der Waals surface area contributed by atoms with Crippen LogP contribution in [0.4, 0.5) is 5.00 Å². The van der Waals surface area contributed by atoms with Gasteiger partial charge < -0.3 is 10.1 Å². The van der Waals surface area contributed by atoms with Crippen molar-refractivity contribution in [2.45, 2.75) is 39.8 Å². The normalized spacial score (nSPS) is 14.1. The van der Waals surface area contributed by atoms with E-state index in [2.05, 4.69) is 24.1 Å². The molecule has 0 bridgehead atoms. The quantitative estimate of drug-likeness (QED) is 0.644. The Morgan fingerprint density at radius 2 is 2.07 bits per heavy atom. The first kappa shape index (κ1) is 21.1. The molecule has 0 saturated carbocycles. The van der Waals surface area contributed by atoms with E-state index in [-0.39, 0.29) is 12.2 Å². The van der Waals surface area contributed by atoms with Gasteiger partial charge in [-0.1, -0.05) is 23.2 Å². The molecule has 1 amide bonds. The molecule has 0 fully saturated rings. The lowest BCUT2D eigenvalue weighted by Gasteiger charge is -2.30. The SMILES string of the molecule is CCOC(=O)c1c(NC(=O)c2cc(Cl)ccc2Cl)sc2c1CCN(C(C)C)C2. The zero-order chi connectivity index (χ0) is 20.4. The summed E-state index contributed by atoms with van der Waals surface area (Å²) in [6, 6.07) is 5.11. The first-order chi connectivity index (χ1) is 13.3. The molecule has 8 heteroatoms. The van der Waals surface area contributed by atoms with Crippen molar-refractivity contribution in [1.82, 2.24) is 4.90 Å². The molecule has 0 atom stereocenters. The van der Waals surface area contributed by atoms with Gasteiger partial charge in [0.15, 0.2) is 0 Å². The smallest absolute Gasteiger partial charge is 0.341 e. The third kappa shape index (κ3) is 4.35. The van der Waals surface area contributed by atoms with Gasteiger partial charge in [0.05, 0.1) is 22.8 Å². The van der Waals surface area contributed by atoms with E-state index in [9.17, 15) is 9.59 Å². The number of benzene rings is 1. The van der Waals surface area contributed by atoms with Crippen LogP contribution in [-0.2, 0) is 17.7 Å². The Morgan fingerprint density at radius 1 is 1.32 bits per heavy atom. The fourth-order valence-electron chi connectivity index (χ4n) is 3.21. The number of nitrogens with zero attached hydrogens (tertiary/aromatic N) is 1. The van der Waals surface area contributed by atoms with E-state index in [0.29, 0.717) is 26.7 Å². The molecule has 1 aromatic heterocycles.